The summed E-state index contributed by atoms with van der Waals surface area (Å²) >= 11 is 2.15. The van der Waals surface area contributed by atoms with Crippen molar-refractivity contribution in [3.8, 4) is 0 Å². The van der Waals surface area contributed by atoms with Gasteiger partial charge in [-0.3, -0.25) is 0 Å². The zero-order chi connectivity index (χ0) is 12.8. The highest BCUT2D eigenvalue weighted by molar-refractivity contribution is 7.99. The lowest BCUT2D eigenvalue weighted by molar-refractivity contribution is 0.563. The van der Waals surface area contributed by atoms with Crippen molar-refractivity contribution < 1.29 is 0 Å². The van der Waals surface area contributed by atoms with Gasteiger partial charge in [-0.15, -0.1) is 0 Å². The second kappa shape index (κ2) is 14.4. The first-order valence-corrected chi connectivity index (χ1v) is 8.97. The Morgan fingerprint density at radius 3 is 1.65 bits per heavy atom. The van der Waals surface area contributed by atoms with Gasteiger partial charge in [0.25, 0.3) is 0 Å². The van der Waals surface area contributed by atoms with E-state index >= 15 is 0 Å². The van der Waals surface area contributed by atoms with Crippen LogP contribution in [0, 0.1) is 0 Å². The van der Waals surface area contributed by atoms with Crippen LogP contribution in [0.1, 0.15) is 91.4 Å². The quantitative estimate of drug-likeness (QED) is 0.343. The normalized spacial score (nSPS) is 12.9. The van der Waals surface area contributed by atoms with Crippen LogP contribution in [0.25, 0.3) is 0 Å². The molecule has 0 aliphatic rings. The lowest BCUT2D eigenvalue weighted by Crippen LogP contribution is -1.94. The van der Waals surface area contributed by atoms with E-state index in [4.69, 9.17) is 0 Å². The zero-order valence-electron chi connectivity index (χ0n) is 12.5. The Hall–Kier alpha value is 0.350. The van der Waals surface area contributed by atoms with Gasteiger partial charge in [0, 0.05) is 5.25 Å². The van der Waals surface area contributed by atoms with Crippen molar-refractivity contribution in [2.45, 2.75) is 96.7 Å². The van der Waals surface area contributed by atoms with Gasteiger partial charge in [-0.1, -0.05) is 78.6 Å². The van der Waals surface area contributed by atoms with E-state index in [2.05, 4.69) is 32.5 Å². The Kier molecular flexibility index (Phi) is 14.7. The summed E-state index contributed by atoms with van der Waals surface area (Å²) in [6.07, 6.45) is 15.8. The summed E-state index contributed by atoms with van der Waals surface area (Å²) in [5.41, 5.74) is 0. The molecule has 1 atom stereocenters. The van der Waals surface area contributed by atoms with Crippen molar-refractivity contribution >= 4 is 11.8 Å². The summed E-state index contributed by atoms with van der Waals surface area (Å²) in [6, 6.07) is 0. The first kappa shape index (κ1) is 17.4. The highest BCUT2D eigenvalue weighted by atomic mass is 32.2. The van der Waals surface area contributed by atoms with E-state index in [1.807, 2.05) is 0 Å². The van der Waals surface area contributed by atoms with E-state index in [-0.39, 0.29) is 0 Å². The Bertz CT molecular complexity index is 133. The number of hydrogen-bond acceptors (Lipinski definition) is 1. The van der Waals surface area contributed by atoms with Crippen LogP contribution >= 0.6 is 11.8 Å². The van der Waals surface area contributed by atoms with Crippen molar-refractivity contribution in [3.05, 3.63) is 0 Å². The molecule has 0 saturated heterocycles. The molecule has 1 unspecified atom stereocenters. The lowest BCUT2D eigenvalue weighted by Gasteiger charge is -2.07. The largest absolute Gasteiger partial charge is 0.159 e. The molecule has 0 aromatic heterocycles. The second-order valence-electron chi connectivity index (χ2n) is 5.27. The van der Waals surface area contributed by atoms with E-state index < -0.39 is 0 Å². The van der Waals surface area contributed by atoms with Crippen LogP contribution in [0.2, 0.25) is 0 Å². The van der Waals surface area contributed by atoms with Crippen molar-refractivity contribution in [2.24, 2.45) is 0 Å². The molecule has 0 saturated carbocycles. The molecule has 0 rings (SSSR count). The highest BCUT2D eigenvalue weighted by Crippen LogP contribution is 2.17. The van der Waals surface area contributed by atoms with Crippen molar-refractivity contribution in [2.75, 3.05) is 5.75 Å². The first-order chi connectivity index (χ1) is 8.31. The molecule has 104 valence electrons. The molecule has 0 aliphatic heterocycles. The molecule has 0 spiro atoms. The topological polar surface area (TPSA) is 0 Å². The fourth-order valence-corrected chi connectivity index (χ4v) is 3.00. The van der Waals surface area contributed by atoms with Crippen molar-refractivity contribution in [3.63, 3.8) is 0 Å². The van der Waals surface area contributed by atoms with E-state index in [9.17, 15) is 0 Å². The molecule has 0 heterocycles. The van der Waals surface area contributed by atoms with Crippen LogP contribution in [0.15, 0.2) is 0 Å². The Morgan fingerprint density at radius 2 is 1.18 bits per heavy atom. The second-order valence-corrected chi connectivity index (χ2v) is 6.82. The smallest absolute Gasteiger partial charge is 0.00160 e. The van der Waals surface area contributed by atoms with Crippen LogP contribution in [0.4, 0.5) is 0 Å². The van der Waals surface area contributed by atoms with E-state index in [1.54, 1.807) is 0 Å². The zero-order valence-corrected chi connectivity index (χ0v) is 13.3. The minimum atomic E-state index is 0.869. The summed E-state index contributed by atoms with van der Waals surface area (Å²) in [6.45, 7) is 6.93. The number of thioether (sulfide) groups is 1. The number of rotatable bonds is 13. The average molecular weight is 259 g/mol. The van der Waals surface area contributed by atoms with Gasteiger partial charge in [-0.25, -0.2) is 0 Å². The van der Waals surface area contributed by atoms with Crippen LogP contribution in [0.3, 0.4) is 0 Å². The third-order valence-electron chi connectivity index (χ3n) is 3.48. The van der Waals surface area contributed by atoms with Gasteiger partial charge in [0.05, 0.1) is 0 Å². The number of hydrogen-bond donors (Lipinski definition) is 0. The first-order valence-electron chi connectivity index (χ1n) is 7.92. The minimum Gasteiger partial charge on any atom is -0.159 e. The molecule has 0 fully saturated rings. The maximum atomic E-state index is 2.35. The minimum absolute atomic E-state index is 0.869. The molecule has 0 bridgehead atoms. The summed E-state index contributed by atoms with van der Waals surface area (Å²) in [7, 11) is 0. The monoisotopic (exact) mass is 258 g/mol. The number of unbranched alkanes of at least 4 members (excludes halogenated alkanes) is 9. The van der Waals surface area contributed by atoms with Crippen molar-refractivity contribution in [1.82, 2.24) is 0 Å². The third-order valence-corrected chi connectivity index (χ3v) is 4.90. The van der Waals surface area contributed by atoms with Gasteiger partial charge in [0.1, 0.15) is 0 Å². The van der Waals surface area contributed by atoms with Crippen LogP contribution in [-0.2, 0) is 0 Å². The Morgan fingerprint density at radius 1 is 0.706 bits per heavy atom. The molecule has 0 nitrogen and oxygen atoms in total. The van der Waals surface area contributed by atoms with Gasteiger partial charge in [-0.2, -0.15) is 11.8 Å². The van der Waals surface area contributed by atoms with E-state index in [0.29, 0.717) is 0 Å². The summed E-state index contributed by atoms with van der Waals surface area (Å²) in [4.78, 5) is 0. The standard InChI is InChI=1S/C16H34S/c1-4-6-7-8-9-10-11-12-13-14-15-17-16(3)5-2/h16H,4-15H2,1-3H3. The maximum absolute atomic E-state index is 2.35. The molecule has 0 N–H and O–H groups in total. The molecule has 0 aromatic rings. The third kappa shape index (κ3) is 14.3. The summed E-state index contributed by atoms with van der Waals surface area (Å²) < 4.78 is 0. The highest BCUT2D eigenvalue weighted by Gasteiger charge is 1.98. The summed E-state index contributed by atoms with van der Waals surface area (Å²) in [5.74, 6) is 1.38. The molecule has 0 aliphatic carbocycles. The van der Waals surface area contributed by atoms with Crippen LogP contribution in [-0.4, -0.2) is 11.0 Å². The maximum Gasteiger partial charge on any atom is 0.00160 e. The van der Waals surface area contributed by atoms with Gasteiger partial charge in [0.2, 0.25) is 0 Å². The predicted octanol–water partition coefficient (Wildman–Crippen LogP) is 6.44. The van der Waals surface area contributed by atoms with E-state index in [0.717, 1.165) is 5.25 Å². The molecule has 1 heteroatoms. The van der Waals surface area contributed by atoms with Gasteiger partial charge in [0.15, 0.2) is 0 Å². The molecular weight excluding hydrogens is 224 g/mol. The van der Waals surface area contributed by atoms with Gasteiger partial charge in [-0.05, 0) is 18.6 Å². The van der Waals surface area contributed by atoms with Gasteiger partial charge < -0.3 is 0 Å². The fraction of sp³-hybridized carbons (Fsp3) is 1.00. The Labute approximate surface area is 114 Å². The predicted molar refractivity (Wildman–Crippen MR) is 84.1 cm³/mol. The molecule has 17 heavy (non-hydrogen) atoms. The molecule has 0 radical (unpaired) electrons. The molecule has 0 amide bonds. The van der Waals surface area contributed by atoms with Crippen molar-refractivity contribution in [1.29, 1.82) is 0 Å². The van der Waals surface area contributed by atoms with Crippen LogP contribution in [0.5, 0.6) is 0 Å². The fourth-order valence-electron chi connectivity index (χ4n) is 1.99. The molecule has 0 aromatic carbocycles. The molecular formula is C16H34S. The van der Waals surface area contributed by atoms with E-state index in [1.165, 1.54) is 76.4 Å². The van der Waals surface area contributed by atoms with Gasteiger partial charge >= 0.3 is 0 Å². The summed E-state index contributed by atoms with van der Waals surface area (Å²) in [5, 5.41) is 0.869. The lowest BCUT2D eigenvalue weighted by atomic mass is 10.1. The van der Waals surface area contributed by atoms with Crippen LogP contribution < -0.4 is 0 Å². The Balaban J connectivity index is 2.94. The SMILES string of the molecule is CCCCCCCCCCCCSC(C)CC. The average Bonchev–Trinajstić information content (AvgIpc) is 2.35.